The van der Waals surface area contributed by atoms with Gasteiger partial charge >= 0.3 is 5.97 Å². The molecule has 0 saturated carbocycles. The van der Waals surface area contributed by atoms with Crippen LogP contribution in [-0.4, -0.2) is 30.8 Å². The van der Waals surface area contributed by atoms with Crippen LogP contribution >= 0.6 is 0 Å². The minimum Gasteiger partial charge on any atom is -0.478 e. The maximum Gasteiger partial charge on any atom is 0.337 e. The number of aromatic carboxylic acids is 1. The van der Waals surface area contributed by atoms with E-state index < -0.39 is 5.97 Å². The van der Waals surface area contributed by atoms with Crippen LogP contribution in [0.5, 0.6) is 0 Å². The smallest absolute Gasteiger partial charge is 0.337 e. The molecule has 4 N–H and O–H groups in total. The first-order valence-corrected chi connectivity index (χ1v) is 5.43. The van der Waals surface area contributed by atoms with E-state index in [0.29, 0.717) is 18.0 Å². The fourth-order valence-electron chi connectivity index (χ4n) is 1.50. The third kappa shape index (κ3) is 3.96. The van der Waals surface area contributed by atoms with Gasteiger partial charge in [-0.05, 0) is 31.5 Å². The van der Waals surface area contributed by atoms with Gasteiger partial charge in [0.1, 0.15) is 0 Å². The lowest BCUT2D eigenvalue weighted by molar-refractivity contribution is 0.0698. The van der Waals surface area contributed by atoms with Gasteiger partial charge < -0.3 is 20.9 Å². The lowest BCUT2D eigenvalue weighted by Crippen LogP contribution is -2.19. The molecule has 5 heteroatoms. The Morgan fingerprint density at radius 2 is 2.29 bits per heavy atom. The highest BCUT2D eigenvalue weighted by Gasteiger charge is 2.12. The van der Waals surface area contributed by atoms with E-state index in [2.05, 4.69) is 5.32 Å². The SMILES string of the molecule is COCCC(C)Nc1cc(N)ccc1C(=O)O. The average Bonchev–Trinajstić information content (AvgIpc) is 2.26. The van der Waals surface area contributed by atoms with Crippen LogP contribution in [0.1, 0.15) is 23.7 Å². The van der Waals surface area contributed by atoms with E-state index in [-0.39, 0.29) is 11.6 Å². The van der Waals surface area contributed by atoms with Gasteiger partial charge in [-0.15, -0.1) is 0 Å². The summed E-state index contributed by atoms with van der Waals surface area (Å²) >= 11 is 0. The maximum atomic E-state index is 11.0. The number of nitrogen functional groups attached to an aromatic ring is 1. The van der Waals surface area contributed by atoms with E-state index in [1.54, 1.807) is 19.2 Å². The second-order valence-corrected chi connectivity index (χ2v) is 3.94. The second-order valence-electron chi connectivity index (χ2n) is 3.94. The van der Waals surface area contributed by atoms with Gasteiger partial charge in [-0.2, -0.15) is 0 Å². The summed E-state index contributed by atoms with van der Waals surface area (Å²) in [6, 6.07) is 4.83. The predicted molar refractivity (Wildman–Crippen MR) is 67.4 cm³/mol. The van der Waals surface area contributed by atoms with Gasteiger partial charge in [0.15, 0.2) is 0 Å². The van der Waals surface area contributed by atoms with Crippen molar-refractivity contribution in [2.45, 2.75) is 19.4 Å². The normalized spacial score (nSPS) is 12.1. The number of hydrogen-bond donors (Lipinski definition) is 3. The summed E-state index contributed by atoms with van der Waals surface area (Å²) in [7, 11) is 1.63. The van der Waals surface area contributed by atoms with Crippen LogP contribution < -0.4 is 11.1 Å². The van der Waals surface area contributed by atoms with Crippen molar-refractivity contribution >= 4 is 17.3 Å². The number of carboxylic acids is 1. The van der Waals surface area contributed by atoms with Crippen LogP contribution in [0.4, 0.5) is 11.4 Å². The molecule has 0 heterocycles. The zero-order chi connectivity index (χ0) is 12.8. The zero-order valence-electron chi connectivity index (χ0n) is 10.1. The van der Waals surface area contributed by atoms with Gasteiger partial charge in [0, 0.05) is 25.4 Å². The molecule has 94 valence electrons. The van der Waals surface area contributed by atoms with E-state index in [4.69, 9.17) is 15.6 Å². The first-order valence-electron chi connectivity index (χ1n) is 5.43. The Kier molecular flexibility index (Phi) is 4.78. The number of rotatable bonds is 6. The van der Waals surface area contributed by atoms with Gasteiger partial charge in [-0.1, -0.05) is 0 Å². The number of carboxylic acid groups (broad SMARTS) is 1. The summed E-state index contributed by atoms with van der Waals surface area (Å²) < 4.78 is 4.97. The number of anilines is 2. The fourth-order valence-corrected chi connectivity index (χ4v) is 1.50. The van der Waals surface area contributed by atoms with Crippen LogP contribution in [-0.2, 0) is 4.74 Å². The Bertz CT molecular complexity index is 393. The van der Waals surface area contributed by atoms with Gasteiger partial charge in [0.2, 0.25) is 0 Å². The van der Waals surface area contributed by atoms with Crippen molar-refractivity contribution in [3.63, 3.8) is 0 Å². The molecule has 0 spiro atoms. The summed E-state index contributed by atoms with van der Waals surface area (Å²) in [6.45, 7) is 2.59. The second kappa shape index (κ2) is 6.10. The Labute approximate surface area is 101 Å². The number of benzene rings is 1. The number of nitrogens with one attached hydrogen (secondary N) is 1. The highest BCUT2D eigenvalue weighted by molar-refractivity contribution is 5.95. The molecular weight excluding hydrogens is 220 g/mol. The number of nitrogens with two attached hydrogens (primary N) is 1. The minimum absolute atomic E-state index is 0.120. The van der Waals surface area contributed by atoms with Crippen molar-refractivity contribution in [3.8, 4) is 0 Å². The molecule has 17 heavy (non-hydrogen) atoms. The van der Waals surface area contributed by atoms with E-state index in [0.717, 1.165) is 6.42 Å². The van der Waals surface area contributed by atoms with Crippen molar-refractivity contribution < 1.29 is 14.6 Å². The molecule has 1 rings (SSSR count). The predicted octanol–water partition coefficient (Wildman–Crippen LogP) is 1.80. The van der Waals surface area contributed by atoms with Crippen molar-refractivity contribution in [2.75, 3.05) is 24.8 Å². The molecule has 5 nitrogen and oxygen atoms in total. The molecule has 0 amide bonds. The Hall–Kier alpha value is -1.75. The lowest BCUT2D eigenvalue weighted by atomic mass is 10.1. The molecule has 1 atom stereocenters. The summed E-state index contributed by atoms with van der Waals surface area (Å²) in [5.74, 6) is -0.966. The number of hydrogen-bond acceptors (Lipinski definition) is 4. The maximum absolute atomic E-state index is 11.0. The topological polar surface area (TPSA) is 84.6 Å². The van der Waals surface area contributed by atoms with Crippen molar-refractivity contribution in [1.82, 2.24) is 0 Å². The van der Waals surface area contributed by atoms with E-state index >= 15 is 0 Å². The molecular formula is C12H18N2O3. The number of carbonyl (C=O) groups is 1. The quantitative estimate of drug-likeness (QED) is 0.658. The van der Waals surface area contributed by atoms with Crippen molar-refractivity contribution in [2.24, 2.45) is 0 Å². The monoisotopic (exact) mass is 238 g/mol. The lowest BCUT2D eigenvalue weighted by Gasteiger charge is -2.16. The van der Waals surface area contributed by atoms with Gasteiger partial charge in [-0.3, -0.25) is 0 Å². The number of methoxy groups -OCH3 is 1. The van der Waals surface area contributed by atoms with Crippen LogP contribution in [0.3, 0.4) is 0 Å². The number of ether oxygens (including phenoxy) is 1. The zero-order valence-corrected chi connectivity index (χ0v) is 10.1. The van der Waals surface area contributed by atoms with Crippen LogP contribution in [0, 0.1) is 0 Å². The molecule has 1 aromatic rings. The van der Waals surface area contributed by atoms with Crippen molar-refractivity contribution in [1.29, 1.82) is 0 Å². The Balaban J connectivity index is 2.81. The van der Waals surface area contributed by atoms with Gasteiger partial charge in [-0.25, -0.2) is 4.79 Å². The highest BCUT2D eigenvalue weighted by atomic mass is 16.5. The summed E-state index contributed by atoms with van der Waals surface area (Å²) in [4.78, 5) is 11.0. The summed E-state index contributed by atoms with van der Waals surface area (Å²) in [5, 5.41) is 12.2. The molecule has 0 bridgehead atoms. The van der Waals surface area contributed by atoms with Crippen LogP contribution in [0.2, 0.25) is 0 Å². The molecule has 1 unspecified atom stereocenters. The highest BCUT2D eigenvalue weighted by Crippen LogP contribution is 2.20. The first kappa shape index (κ1) is 13.3. The molecule has 0 fully saturated rings. The standard InChI is InChI=1S/C12H18N2O3/c1-8(5-6-17-2)14-11-7-9(13)3-4-10(11)12(15)16/h3-4,7-8,14H,5-6,13H2,1-2H3,(H,15,16). The van der Waals surface area contributed by atoms with E-state index in [9.17, 15) is 4.79 Å². The van der Waals surface area contributed by atoms with E-state index in [1.165, 1.54) is 6.07 Å². The average molecular weight is 238 g/mol. The van der Waals surface area contributed by atoms with E-state index in [1.807, 2.05) is 6.92 Å². The fraction of sp³-hybridized carbons (Fsp3) is 0.417. The van der Waals surface area contributed by atoms with Crippen molar-refractivity contribution in [3.05, 3.63) is 23.8 Å². The summed E-state index contributed by atoms with van der Waals surface area (Å²) in [5.41, 5.74) is 6.95. The molecule has 0 aromatic heterocycles. The Morgan fingerprint density at radius 3 is 2.88 bits per heavy atom. The molecule has 1 aromatic carbocycles. The Morgan fingerprint density at radius 1 is 1.59 bits per heavy atom. The van der Waals surface area contributed by atoms with Gasteiger partial charge in [0.05, 0.1) is 11.3 Å². The third-order valence-corrected chi connectivity index (χ3v) is 2.43. The molecule has 0 aliphatic rings. The van der Waals surface area contributed by atoms with Gasteiger partial charge in [0.25, 0.3) is 0 Å². The molecule has 0 aliphatic carbocycles. The molecule has 0 aliphatic heterocycles. The molecule has 0 radical (unpaired) electrons. The van der Waals surface area contributed by atoms with Crippen LogP contribution in [0.25, 0.3) is 0 Å². The largest absolute Gasteiger partial charge is 0.478 e. The summed E-state index contributed by atoms with van der Waals surface area (Å²) in [6.07, 6.45) is 0.796. The molecule has 0 saturated heterocycles. The minimum atomic E-state index is -0.966. The van der Waals surface area contributed by atoms with Crippen LogP contribution in [0.15, 0.2) is 18.2 Å². The first-order chi connectivity index (χ1) is 8.04. The third-order valence-electron chi connectivity index (χ3n) is 2.43.